The molecule has 2 atom stereocenters. The van der Waals surface area contributed by atoms with Gasteiger partial charge in [0, 0.05) is 13.2 Å². The number of rotatable bonds is 3. The molecule has 1 aromatic rings. The van der Waals surface area contributed by atoms with Crippen LogP contribution in [-0.4, -0.2) is 35.6 Å². The van der Waals surface area contributed by atoms with Gasteiger partial charge in [-0.1, -0.05) is 30.3 Å². The van der Waals surface area contributed by atoms with Gasteiger partial charge in [-0.25, -0.2) is 0 Å². The van der Waals surface area contributed by atoms with E-state index in [4.69, 9.17) is 4.74 Å². The van der Waals surface area contributed by atoms with E-state index in [-0.39, 0.29) is 23.7 Å². The van der Waals surface area contributed by atoms with Gasteiger partial charge in [0.2, 0.25) is 5.91 Å². The van der Waals surface area contributed by atoms with Crippen molar-refractivity contribution in [3.63, 3.8) is 0 Å². The lowest BCUT2D eigenvalue weighted by atomic mass is 10.1. The Morgan fingerprint density at radius 1 is 1.30 bits per heavy atom. The van der Waals surface area contributed by atoms with Crippen molar-refractivity contribution in [1.29, 1.82) is 0 Å². The molecule has 3 aliphatic rings. The molecule has 2 heterocycles. The number of benzene rings is 1. The van der Waals surface area contributed by atoms with E-state index in [0.717, 1.165) is 32.3 Å². The van der Waals surface area contributed by atoms with E-state index in [9.17, 15) is 4.79 Å². The van der Waals surface area contributed by atoms with Crippen LogP contribution in [0.25, 0.3) is 0 Å². The maximum Gasteiger partial charge on any atom is 0.244 e. The monoisotopic (exact) mass is 272 g/mol. The van der Waals surface area contributed by atoms with Crippen LogP contribution < -0.4 is 5.32 Å². The summed E-state index contributed by atoms with van der Waals surface area (Å²) >= 11 is 0. The van der Waals surface area contributed by atoms with Crippen LogP contribution in [0.3, 0.4) is 0 Å². The van der Waals surface area contributed by atoms with E-state index in [0.29, 0.717) is 6.54 Å². The van der Waals surface area contributed by atoms with Gasteiger partial charge in [0.15, 0.2) is 0 Å². The van der Waals surface area contributed by atoms with Gasteiger partial charge in [0.1, 0.15) is 11.7 Å². The number of hydrogen-bond donors (Lipinski definition) is 1. The zero-order chi connectivity index (χ0) is 13.6. The summed E-state index contributed by atoms with van der Waals surface area (Å²) in [5.74, 6) is 0.266. The van der Waals surface area contributed by atoms with Crippen molar-refractivity contribution in [3.05, 3.63) is 35.9 Å². The minimum atomic E-state index is -0.265. The molecule has 1 N–H and O–H groups in total. The lowest BCUT2D eigenvalue weighted by Gasteiger charge is -2.26. The molecule has 0 aromatic heterocycles. The van der Waals surface area contributed by atoms with E-state index in [2.05, 4.69) is 17.4 Å². The van der Waals surface area contributed by atoms with Crippen LogP contribution >= 0.6 is 0 Å². The van der Waals surface area contributed by atoms with E-state index in [1.165, 1.54) is 5.56 Å². The normalized spacial score (nSPS) is 31.2. The maximum atomic E-state index is 12.7. The molecule has 3 fully saturated rings. The lowest BCUT2D eigenvalue weighted by Crippen LogP contribution is -2.37. The fourth-order valence-corrected chi connectivity index (χ4v) is 3.37. The first-order valence-electron chi connectivity index (χ1n) is 7.54. The van der Waals surface area contributed by atoms with Crippen molar-refractivity contribution < 1.29 is 9.53 Å². The highest BCUT2D eigenvalue weighted by Gasteiger charge is 2.59. The molecular formula is C16H20N2O2. The zero-order valence-electron chi connectivity index (χ0n) is 11.5. The molecule has 1 amide bonds. The van der Waals surface area contributed by atoms with Crippen LogP contribution in [-0.2, 0) is 9.53 Å². The molecule has 2 aliphatic heterocycles. The third-order valence-corrected chi connectivity index (χ3v) is 4.68. The second-order valence-corrected chi connectivity index (χ2v) is 6.13. The summed E-state index contributed by atoms with van der Waals surface area (Å²) in [6.07, 6.45) is 4.34. The van der Waals surface area contributed by atoms with E-state index < -0.39 is 0 Å². The van der Waals surface area contributed by atoms with Gasteiger partial charge in [-0.3, -0.25) is 10.1 Å². The van der Waals surface area contributed by atoms with Crippen LogP contribution in [0.15, 0.2) is 30.3 Å². The highest BCUT2D eigenvalue weighted by molar-refractivity contribution is 5.92. The van der Waals surface area contributed by atoms with E-state index >= 15 is 0 Å². The van der Waals surface area contributed by atoms with E-state index in [1.807, 2.05) is 23.1 Å². The standard InChI is InChI=1S/C16H20N2O2/c19-15-16(8-9-16)17-14(12-5-2-1-3-6-12)18(15)11-13-7-4-10-20-13/h1-3,5-6,13-14,17H,4,7-11H2. The van der Waals surface area contributed by atoms with Gasteiger partial charge < -0.3 is 9.64 Å². The molecule has 1 saturated carbocycles. The molecule has 4 heteroatoms. The molecule has 20 heavy (non-hydrogen) atoms. The minimum absolute atomic E-state index is 0.00963. The summed E-state index contributed by atoms with van der Waals surface area (Å²) in [5.41, 5.74) is 0.904. The van der Waals surface area contributed by atoms with Crippen molar-refractivity contribution in [3.8, 4) is 0 Å². The van der Waals surface area contributed by atoms with Crippen molar-refractivity contribution in [2.24, 2.45) is 0 Å². The molecule has 4 nitrogen and oxygen atoms in total. The third-order valence-electron chi connectivity index (χ3n) is 4.68. The second-order valence-electron chi connectivity index (χ2n) is 6.13. The molecule has 1 aromatic carbocycles. The van der Waals surface area contributed by atoms with Crippen molar-refractivity contribution >= 4 is 5.91 Å². The zero-order valence-corrected chi connectivity index (χ0v) is 11.5. The molecule has 106 valence electrons. The molecular weight excluding hydrogens is 252 g/mol. The van der Waals surface area contributed by atoms with Gasteiger partial charge in [0.05, 0.1) is 6.10 Å². The fourth-order valence-electron chi connectivity index (χ4n) is 3.37. The minimum Gasteiger partial charge on any atom is -0.376 e. The molecule has 2 unspecified atom stereocenters. The third kappa shape index (κ3) is 1.95. The first kappa shape index (κ1) is 12.4. The van der Waals surface area contributed by atoms with Crippen LogP contribution in [0.2, 0.25) is 0 Å². The SMILES string of the molecule is O=C1N(CC2CCCO2)C(c2ccccc2)NC12CC2. The molecule has 4 rings (SSSR count). The Labute approximate surface area is 119 Å². The maximum absolute atomic E-state index is 12.7. The number of carbonyl (C=O) groups is 1. The van der Waals surface area contributed by atoms with Crippen molar-refractivity contribution in [1.82, 2.24) is 10.2 Å². The lowest BCUT2D eigenvalue weighted by molar-refractivity contribution is -0.132. The van der Waals surface area contributed by atoms with Crippen molar-refractivity contribution in [2.45, 2.75) is 43.5 Å². The summed E-state index contributed by atoms with van der Waals surface area (Å²) in [5, 5.41) is 3.55. The van der Waals surface area contributed by atoms with Gasteiger partial charge in [0.25, 0.3) is 0 Å². The smallest absolute Gasteiger partial charge is 0.244 e. The molecule has 1 aliphatic carbocycles. The highest BCUT2D eigenvalue weighted by Crippen LogP contribution is 2.46. The van der Waals surface area contributed by atoms with Gasteiger partial charge in [-0.05, 0) is 31.2 Å². The Morgan fingerprint density at radius 2 is 2.10 bits per heavy atom. The average molecular weight is 272 g/mol. The van der Waals surface area contributed by atoms with Crippen LogP contribution in [0.1, 0.15) is 37.4 Å². The van der Waals surface area contributed by atoms with Crippen LogP contribution in [0.5, 0.6) is 0 Å². The summed E-state index contributed by atoms with van der Waals surface area (Å²) < 4.78 is 5.71. The van der Waals surface area contributed by atoms with Gasteiger partial charge >= 0.3 is 0 Å². The number of nitrogens with one attached hydrogen (secondary N) is 1. The van der Waals surface area contributed by atoms with E-state index in [1.54, 1.807) is 0 Å². The second kappa shape index (κ2) is 4.57. The first-order valence-corrected chi connectivity index (χ1v) is 7.54. The number of amides is 1. The quantitative estimate of drug-likeness (QED) is 0.912. The average Bonchev–Trinajstić information content (AvgIpc) is 2.99. The Bertz CT molecular complexity index is 506. The molecule has 0 bridgehead atoms. The summed E-state index contributed by atoms with van der Waals surface area (Å²) in [6, 6.07) is 10.3. The Morgan fingerprint density at radius 3 is 2.75 bits per heavy atom. The molecule has 0 radical (unpaired) electrons. The van der Waals surface area contributed by atoms with Crippen LogP contribution in [0, 0.1) is 0 Å². The number of hydrogen-bond acceptors (Lipinski definition) is 3. The Balaban J connectivity index is 1.60. The molecule has 1 spiro atoms. The summed E-state index contributed by atoms with van der Waals surface area (Å²) in [4.78, 5) is 14.7. The number of nitrogens with zero attached hydrogens (tertiary/aromatic N) is 1. The number of ether oxygens (including phenoxy) is 1. The highest BCUT2D eigenvalue weighted by atomic mass is 16.5. The molecule has 2 saturated heterocycles. The summed E-state index contributed by atoms with van der Waals surface area (Å²) in [6.45, 7) is 1.55. The van der Waals surface area contributed by atoms with Crippen molar-refractivity contribution in [2.75, 3.05) is 13.2 Å². The first-order chi connectivity index (χ1) is 9.78. The van der Waals surface area contributed by atoms with Gasteiger partial charge in [-0.2, -0.15) is 0 Å². The fraction of sp³-hybridized carbons (Fsp3) is 0.562. The van der Waals surface area contributed by atoms with Crippen LogP contribution in [0.4, 0.5) is 0 Å². The largest absolute Gasteiger partial charge is 0.376 e. The Hall–Kier alpha value is -1.39. The Kier molecular flexibility index (Phi) is 2.82. The summed E-state index contributed by atoms with van der Waals surface area (Å²) in [7, 11) is 0. The predicted molar refractivity (Wildman–Crippen MR) is 75.0 cm³/mol. The van der Waals surface area contributed by atoms with Gasteiger partial charge in [-0.15, -0.1) is 0 Å². The number of carbonyl (C=O) groups excluding carboxylic acids is 1. The predicted octanol–water partition coefficient (Wildman–Crippen LogP) is 1.83. The topological polar surface area (TPSA) is 41.6 Å².